The summed E-state index contributed by atoms with van der Waals surface area (Å²) in [5, 5.41) is 7.21. The Balaban J connectivity index is 1.56. The number of aromatic nitrogens is 3. The number of anilines is 1. The van der Waals surface area contributed by atoms with Crippen LogP contribution in [0.4, 0.5) is 10.1 Å². The number of hydrogen-bond donors (Lipinski definition) is 2. The van der Waals surface area contributed by atoms with Gasteiger partial charge in [0.25, 0.3) is 15.9 Å². The first-order valence-electron chi connectivity index (χ1n) is 9.55. The highest BCUT2D eigenvalue weighted by molar-refractivity contribution is 7.89. The summed E-state index contributed by atoms with van der Waals surface area (Å²) in [5.74, 6) is -1.07. The minimum atomic E-state index is -3.97. The topological polar surface area (TPSA) is 96.9 Å². The summed E-state index contributed by atoms with van der Waals surface area (Å²) in [6.45, 7) is 5.68. The number of hydrogen-bond acceptors (Lipinski definition) is 4. The van der Waals surface area contributed by atoms with Gasteiger partial charge in [-0.2, -0.15) is 17.6 Å². The highest BCUT2D eigenvalue weighted by atomic mass is 32.2. The molecule has 2 aromatic heterocycles. The van der Waals surface area contributed by atoms with Crippen molar-refractivity contribution in [3.8, 4) is 0 Å². The fourth-order valence-electron chi connectivity index (χ4n) is 3.26. The second-order valence-electron chi connectivity index (χ2n) is 8.20. The monoisotopic (exact) mass is 440 g/mol. The molecule has 0 saturated carbocycles. The fourth-order valence-corrected chi connectivity index (χ4v) is 4.41. The Morgan fingerprint density at radius 3 is 2.58 bits per heavy atom. The molecule has 160 valence electrons. The van der Waals surface area contributed by atoms with E-state index < -0.39 is 21.7 Å². The lowest BCUT2D eigenvalue weighted by molar-refractivity contribution is 0.102. The molecule has 31 heavy (non-hydrogen) atoms. The van der Waals surface area contributed by atoms with Gasteiger partial charge in [0.1, 0.15) is 5.82 Å². The smallest absolute Gasteiger partial charge is 0.282 e. The van der Waals surface area contributed by atoms with E-state index in [0.717, 1.165) is 15.0 Å². The molecule has 0 aliphatic heterocycles. The van der Waals surface area contributed by atoms with Crippen LogP contribution in [0.15, 0.2) is 65.8 Å². The number of H-pyrrole nitrogens is 1. The Labute approximate surface area is 179 Å². The Morgan fingerprint density at radius 1 is 1.10 bits per heavy atom. The normalized spacial score (nSPS) is 12.3. The molecule has 4 aromatic rings. The van der Waals surface area contributed by atoms with Gasteiger partial charge in [-0.25, -0.2) is 4.39 Å². The van der Waals surface area contributed by atoms with E-state index in [0.29, 0.717) is 5.56 Å². The maximum atomic E-state index is 14.4. The zero-order chi connectivity index (χ0) is 22.4. The lowest BCUT2D eigenvalue weighted by Crippen LogP contribution is -2.18. The van der Waals surface area contributed by atoms with Crippen molar-refractivity contribution < 1.29 is 17.6 Å². The summed E-state index contributed by atoms with van der Waals surface area (Å²) in [4.78, 5) is 15.6. The molecule has 0 saturated heterocycles. The van der Waals surface area contributed by atoms with E-state index in [4.69, 9.17) is 0 Å². The standard InChI is InChI=1S/C22H21FN4O3S/c1-22(2,3)17-6-4-15(13-18(17)23)25-21(28)20-9-11-27(26-20)31(29,30)16-5-7-19-14(12-16)8-10-24-19/h4-13,24H,1-3H3,(H,25,28). The molecule has 7 nitrogen and oxygen atoms in total. The van der Waals surface area contributed by atoms with Crippen LogP contribution >= 0.6 is 0 Å². The number of carbonyl (C=O) groups excluding carboxylic acids is 1. The van der Waals surface area contributed by atoms with Gasteiger partial charge in [-0.1, -0.05) is 26.8 Å². The Morgan fingerprint density at radius 2 is 1.87 bits per heavy atom. The summed E-state index contributed by atoms with van der Waals surface area (Å²) < 4.78 is 40.9. The Bertz CT molecular complexity index is 1400. The van der Waals surface area contributed by atoms with Gasteiger partial charge < -0.3 is 10.3 Å². The molecule has 9 heteroatoms. The molecule has 0 unspecified atom stereocenters. The van der Waals surface area contributed by atoms with Crippen LogP contribution in [0.5, 0.6) is 0 Å². The zero-order valence-corrected chi connectivity index (χ0v) is 18.0. The van der Waals surface area contributed by atoms with Gasteiger partial charge in [0.05, 0.1) is 4.90 Å². The van der Waals surface area contributed by atoms with Crippen LogP contribution in [0.25, 0.3) is 10.9 Å². The quantitative estimate of drug-likeness (QED) is 0.495. The Kier molecular flexibility index (Phi) is 4.93. The number of aromatic amines is 1. The lowest BCUT2D eigenvalue weighted by Gasteiger charge is -2.20. The predicted molar refractivity (Wildman–Crippen MR) is 116 cm³/mol. The van der Waals surface area contributed by atoms with E-state index in [-0.39, 0.29) is 21.7 Å². The van der Waals surface area contributed by atoms with Crippen molar-refractivity contribution in [1.29, 1.82) is 0 Å². The van der Waals surface area contributed by atoms with Gasteiger partial charge in [0.15, 0.2) is 5.69 Å². The molecule has 0 fully saturated rings. The van der Waals surface area contributed by atoms with Gasteiger partial charge in [0.2, 0.25) is 0 Å². The number of rotatable bonds is 4. The number of nitrogens with zero attached hydrogens (tertiary/aromatic N) is 2. The number of fused-ring (bicyclic) bond motifs is 1. The number of halogens is 1. The summed E-state index contributed by atoms with van der Waals surface area (Å²) >= 11 is 0. The molecule has 0 aliphatic rings. The van der Waals surface area contributed by atoms with Gasteiger partial charge in [0, 0.05) is 29.0 Å². The number of carbonyl (C=O) groups is 1. The highest BCUT2D eigenvalue weighted by Crippen LogP contribution is 2.27. The first-order valence-corrected chi connectivity index (χ1v) is 11.0. The van der Waals surface area contributed by atoms with Crippen molar-refractivity contribution in [2.45, 2.75) is 31.1 Å². The van der Waals surface area contributed by atoms with Gasteiger partial charge in [-0.15, -0.1) is 0 Å². The number of nitrogens with one attached hydrogen (secondary N) is 2. The fraction of sp³-hybridized carbons (Fsp3) is 0.182. The third-order valence-electron chi connectivity index (χ3n) is 4.90. The average molecular weight is 441 g/mol. The van der Waals surface area contributed by atoms with Crippen molar-refractivity contribution in [1.82, 2.24) is 14.2 Å². The summed E-state index contributed by atoms with van der Waals surface area (Å²) in [6.07, 6.45) is 2.92. The summed E-state index contributed by atoms with van der Waals surface area (Å²) in [5.41, 5.74) is 1.12. The van der Waals surface area contributed by atoms with Crippen molar-refractivity contribution >= 4 is 32.5 Å². The first-order chi connectivity index (χ1) is 14.6. The third-order valence-corrected chi connectivity index (χ3v) is 6.45. The molecule has 2 heterocycles. The molecular weight excluding hydrogens is 419 g/mol. The molecule has 2 aromatic carbocycles. The van der Waals surface area contributed by atoms with E-state index in [1.807, 2.05) is 20.8 Å². The molecule has 4 rings (SSSR count). The minimum Gasteiger partial charge on any atom is -0.361 e. The second kappa shape index (κ2) is 7.35. The molecule has 0 radical (unpaired) electrons. The molecule has 0 bridgehead atoms. The SMILES string of the molecule is CC(C)(C)c1ccc(NC(=O)c2ccn(S(=O)(=O)c3ccc4[nH]ccc4c3)n2)cc1F. The van der Waals surface area contributed by atoms with E-state index in [2.05, 4.69) is 15.4 Å². The number of benzene rings is 2. The summed E-state index contributed by atoms with van der Waals surface area (Å²) in [7, 11) is -3.97. The molecule has 0 atom stereocenters. The molecular formula is C22H21FN4O3S. The molecule has 1 amide bonds. The largest absolute Gasteiger partial charge is 0.361 e. The molecule has 0 aliphatic carbocycles. The van der Waals surface area contributed by atoms with Gasteiger partial charge in [-0.05, 0) is 53.4 Å². The lowest BCUT2D eigenvalue weighted by atomic mass is 9.86. The van der Waals surface area contributed by atoms with Crippen LogP contribution in [-0.4, -0.2) is 28.5 Å². The minimum absolute atomic E-state index is 0.0505. The van der Waals surface area contributed by atoms with Crippen LogP contribution in [0.2, 0.25) is 0 Å². The van der Waals surface area contributed by atoms with E-state index in [1.165, 1.54) is 30.5 Å². The first kappa shape index (κ1) is 20.8. The van der Waals surface area contributed by atoms with E-state index >= 15 is 0 Å². The van der Waals surface area contributed by atoms with E-state index in [9.17, 15) is 17.6 Å². The van der Waals surface area contributed by atoms with Crippen molar-refractivity contribution in [2.24, 2.45) is 0 Å². The molecule has 0 spiro atoms. The second-order valence-corrected chi connectivity index (χ2v) is 10.00. The zero-order valence-electron chi connectivity index (χ0n) is 17.2. The molecule has 2 N–H and O–H groups in total. The van der Waals surface area contributed by atoms with Crippen molar-refractivity contribution in [2.75, 3.05) is 5.32 Å². The Hall–Kier alpha value is -3.46. The van der Waals surface area contributed by atoms with Crippen LogP contribution in [0, 0.1) is 5.82 Å². The van der Waals surface area contributed by atoms with Gasteiger partial charge >= 0.3 is 0 Å². The van der Waals surface area contributed by atoms with Crippen molar-refractivity contribution in [3.63, 3.8) is 0 Å². The van der Waals surface area contributed by atoms with Gasteiger partial charge in [-0.3, -0.25) is 4.79 Å². The van der Waals surface area contributed by atoms with Crippen LogP contribution in [0.1, 0.15) is 36.8 Å². The van der Waals surface area contributed by atoms with Crippen LogP contribution < -0.4 is 5.32 Å². The highest BCUT2D eigenvalue weighted by Gasteiger charge is 2.22. The van der Waals surface area contributed by atoms with Crippen LogP contribution in [-0.2, 0) is 15.4 Å². The van der Waals surface area contributed by atoms with E-state index in [1.54, 1.807) is 30.5 Å². The summed E-state index contributed by atoms with van der Waals surface area (Å²) in [6, 6.07) is 12.2. The third kappa shape index (κ3) is 3.96. The predicted octanol–water partition coefficient (Wildman–Crippen LogP) is 4.29. The van der Waals surface area contributed by atoms with Crippen molar-refractivity contribution in [3.05, 3.63) is 78.0 Å². The average Bonchev–Trinajstić information content (AvgIpc) is 3.36. The maximum absolute atomic E-state index is 14.4. The number of amides is 1. The maximum Gasteiger partial charge on any atom is 0.282 e. The van der Waals surface area contributed by atoms with Crippen LogP contribution in [0.3, 0.4) is 0 Å².